The Balaban J connectivity index is 1.75. The van der Waals surface area contributed by atoms with Crippen LogP contribution in [-0.4, -0.2) is 24.4 Å². The maximum absolute atomic E-state index is 6.25. The van der Waals surface area contributed by atoms with E-state index in [1.54, 1.807) is 21.6 Å². The fraction of sp³-hybridized carbons (Fsp3) is 0.308. The fourth-order valence-corrected chi connectivity index (χ4v) is 2.22. The molecule has 0 aromatic carbocycles. The molecule has 1 atom stereocenters. The van der Waals surface area contributed by atoms with E-state index in [1.165, 1.54) is 5.56 Å². The standard InChI is InChI=1S/C13H16N6/c1-18-9-10(6-16-18)2-3-12(14)11-7-17-19-5-4-15-8-13(11)19/h4-9,12H,2-3,14H2,1H3. The van der Waals surface area contributed by atoms with Crippen molar-refractivity contribution in [3.05, 3.63) is 48.3 Å². The van der Waals surface area contributed by atoms with E-state index in [1.807, 2.05) is 31.8 Å². The zero-order valence-corrected chi connectivity index (χ0v) is 10.8. The van der Waals surface area contributed by atoms with Gasteiger partial charge >= 0.3 is 0 Å². The van der Waals surface area contributed by atoms with Gasteiger partial charge in [-0.05, 0) is 18.4 Å². The Kier molecular flexibility index (Phi) is 3.00. The maximum Gasteiger partial charge on any atom is 0.0892 e. The van der Waals surface area contributed by atoms with Crippen LogP contribution in [0.4, 0.5) is 0 Å². The Morgan fingerprint density at radius 3 is 2.95 bits per heavy atom. The molecule has 19 heavy (non-hydrogen) atoms. The first kappa shape index (κ1) is 11.9. The number of hydrogen-bond acceptors (Lipinski definition) is 4. The summed E-state index contributed by atoms with van der Waals surface area (Å²) in [7, 11) is 1.92. The van der Waals surface area contributed by atoms with Crippen LogP contribution >= 0.6 is 0 Å². The Labute approximate surface area is 110 Å². The summed E-state index contributed by atoms with van der Waals surface area (Å²) >= 11 is 0. The van der Waals surface area contributed by atoms with Crippen LogP contribution < -0.4 is 5.73 Å². The van der Waals surface area contributed by atoms with Gasteiger partial charge < -0.3 is 5.73 Å². The summed E-state index contributed by atoms with van der Waals surface area (Å²) in [6, 6.07) is -0.0399. The van der Waals surface area contributed by atoms with E-state index in [0.717, 1.165) is 23.9 Å². The lowest BCUT2D eigenvalue weighted by atomic mass is 10.0. The van der Waals surface area contributed by atoms with Crippen LogP contribution in [0.3, 0.4) is 0 Å². The third-order valence-corrected chi connectivity index (χ3v) is 3.26. The molecule has 0 radical (unpaired) electrons. The smallest absolute Gasteiger partial charge is 0.0892 e. The first-order chi connectivity index (χ1) is 9.24. The van der Waals surface area contributed by atoms with Crippen molar-refractivity contribution >= 4 is 5.52 Å². The molecule has 3 heterocycles. The highest BCUT2D eigenvalue weighted by atomic mass is 15.2. The average molecular weight is 256 g/mol. The van der Waals surface area contributed by atoms with Crippen LogP contribution in [0, 0.1) is 0 Å². The van der Waals surface area contributed by atoms with Crippen molar-refractivity contribution in [1.82, 2.24) is 24.4 Å². The van der Waals surface area contributed by atoms with Crippen LogP contribution in [0.25, 0.3) is 5.52 Å². The topological polar surface area (TPSA) is 74.0 Å². The summed E-state index contributed by atoms with van der Waals surface area (Å²) in [4.78, 5) is 4.12. The number of nitrogens with two attached hydrogens (primary N) is 1. The third-order valence-electron chi connectivity index (χ3n) is 3.26. The first-order valence-electron chi connectivity index (χ1n) is 6.24. The number of aromatic nitrogens is 5. The largest absolute Gasteiger partial charge is 0.324 e. The van der Waals surface area contributed by atoms with Gasteiger partial charge in [0.05, 0.1) is 24.1 Å². The van der Waals surface area contributed by atoms with Crippen LogP contribution in [0.15, 0.2) is 37.2 Å². The van der Waals surface area contributed by atoms with Crippen LogP contribution in [-0.2, 0) is 13.5 Å². The Hall–Kier alpha value is -2.21. The van der Waals surface area contributed by atoms with Crippen molar-refractivity contribution in [2.45, 2.75) is 18.9 Å². The second kappa shape index (κ2) is 4.81. The van der Waals surface area contributed by atoms with E-state index in [-0.39, 0.29) is 6.04 Å². The number of fused-ring (bicyclic) bond motifs is 1. The van der Waals surface area contributed by atoms with Gasteiger partial charge in [-0.3, -0.25) is 9.67 Å². The fourth-order valence-electron chi connectivity index (χ4n) is 2.22. The number of rotatable bonds is 4. The molecular weight excluding hydrogens is 240 g/mol. The van der Waals surface area contributed by atoms with Gasteiger partial charge in [-0.1, -0.05) is 0 Å². The molecule has 6 heteroatoms. The predicted octanol–water partition coefficient (Wildman–Crippen LogP) is 1.10. The summed E-state index contributed by atoms with van der Waals surface area (Å²) in [6.45, 7) is 0. The SMILES string of the molecule is Cn1cc(CCC(N)c2cnn3ccncc23)cn1. The van der Waals surface area contributed by atoms with E-state index in [0.29, 0.717) is 0 Å². The summed E-state index contributed by atoms with van der Waals surface area (Å²) in [5.74, 6) is 0. The molecule has 3 aromatic heterocycles. The molecule has 6 nitrogen and oxygen atoms in total. The molecule has 0 fully saturated rings. The Morgan fingerprint density at radius 1 is 1.26 bits per heavy atom. The van der Waals surface area contributed by atoms with Gasteiger partial charge in [0, 0.05) is 37.2 Å². The summed E-state index contributed by atoms with van der Waals surface area (Å²) < 4.78 is 3.60. The monoisotopic (exact) mass is 256 g/mol. The van der Waals surface area contributed by atoms with E-state index in [4.69, 9.17) is 5.73 Å². The van der Waals surface area contributed by atoms with Gasteiger partial charge in [-0.25, -0.2) is 4.52 Å². The number of aryl methyl sites for hydroxylation is 2. The minimum atomic E-state index is -0.0399. The zero-order chi connectivity index (χ0) is 13.2. The molecule has 2 N–H and O–H groups in total. The average Bonchev–Trinajstić information content (AvgIpc) is 3.02. The molecule has 0 bridgehead atoms. The second-order valence-corrected chi connectivity index (χ2v) is 4.67. The van der Waals surface area contributed by atoms with Gasteiger partial charge in [0.25, 0.3) is 0 Å². The van der Waals surface area contributed by atoms with Crippen molar-refractivity contribution in [2.75, 3.05) is 0 Å². The molecule has 0 saturated heterocycles. The second-order valence-electron chi connectivity index (χ2n) is 4.67. The molecule has 1 unspecified atom stereocenters. The van der Waals surface area contributed by atoms with Gasteiger partial charge in [0.15, 0.2) is 0 Å². The summed E-state index contributed by atoms with van der Waals surface area (Å²) in [5.41, 5.74) is 9.47. The van der Waals surface area contributed by atoms with Crippen molar-refractivity contribution in [3.8, 4) is 0 Å². The molecule has 3 aromatic rings. The number of nitrogens with zero attached hydrogens (tertiary/aromatic N) is 5. The lowest BCUT2D eigenvalue weighted by Crippen LogP contribution is -2.11. The van der Waals surface area contributed by atoms with Crippen molar-refractivity contribution < 1.29 is 0 Å². The maximum atomic E-state index is 6.25. The molecule has 0 saturated carbocycles. The van der Waals surface area contributed by atoms with E-state index >= 15 is 0 Å². The van der Waals surface area contributed by atoms with Crippen molar-refractivity contribution in [1.29, 1.82) is 0 Å². The van der Waals surface area contributed by atoms with Crippen molar-refractivity contribution in [2.24, 2.45) is 12.8 Å². The normalized spacial score (nSPS) is 12.9. The molecular formula is C13H16N6. The molecule has 98 valence electrons. The van der Waals surface area contributed by atoms with Gasteiger partial charge in [0.1, 0.15) is 0 Å². The molecule has 3 rings (SSSR count). The highest BCUT2D eigenvalue weighted by Gasteiger charge is 2.12. The van der Waals surface area contributed by atoms with Gasteiger partial charge in [0.2, 0.25) is 0 Å². The molecule has 0 amide bonds. The predicted molar refractivity (Wildman–Crippen MR) is 71.4 cm³/mol. The van der Waals surface area contributed by atoms with Crippen molar-refractivity contribution in [3.63, 3.8) is 0 Å². The molecule has 0 aliphatic rings. The molecule has 0 aliphatic carbocycles. The number of hydrogen-bond donors (Lipinski definition) is 1. The Bertz CT molecular complexity index is 683. The van der Waals surface area contributed by atoms with E-state index in [2.05, 4.69) is 15.2 Å². The van der Waals surface area contributed by atoms with E-state index < -0.39 is 0 Å². The highest BCUT2D eigenvalue weighted by Crippen LogP contribution is 2.20. The zero-order valence-electron chi connectivity index (χ0n) is 10.8. The molecule has 0 aliphatic heterocycles. The third kappa shape index (κ3) is 2.34. The first-order valence-corrected chi connectivity index (χ1v) is 6.24. The Morgan fingerprint density at radius 2 is 2.16 bits per heavy atom. The summed E-state index contributed by atoms with van der Waals surface area (Å²) in [5, 5.41) is 8.44. The van der Waals surface area contributed by atoms with Crippen LogP contribution in [0.2, 0.25) is 0 Å². The molecule has 0 spiro atoms. The summed E-state index contributed by atoms with van der Waals surface area (Å²) in [6.07, 6.45) is 12.8. The van der Waals surface area contributed by atoms with Crippen LogP contribution in [0.5, 0.6) is 0 Å². The lowest BCUT2D eigenvalue weighted by molar-refractivity contribution is 0.655. The minimum Gasteiger partial charge on any atom is -0.324 e. The van der Waals surface area contributed by atoms with E-state index in [9.17, 15) is 0 Å². The van der Waals surface area contributed by atoms with Gasteiger partial charge in [-0.2, -0.15) is 10.2 Å². The van der Waals surface area contributed by atoms with Crippen LogP contribution in [0.1, 0.15) is 23.6 Å². The quantitative estimate of drug-likeness (QED) is 0.758. The van der Waals surface area contributed by atoms with Gasteiger partial charge in [-0.15, -0.1) is 0 Å². The minimum absolute atomic E-state index is 0.0399. The highest BCUT2D eigenvalue weighted by molar-refractivity contribution is 5.53. The lowest BCUT2D eigenvalue weighted by Gasteiger charge is -2.09.